The van der Waals surface area contributed by atoms with Crippen LogP contribution in [0.2, 0.25) is 0 Å². The summed E-state index contributed by atoms with van der Waals surface area (Å²) in [6.45, 7) is 0.753. The SMILES string of the molecule is CN(C)C1(Cn2c(N)nc3cc(Br)c(F)cc32)CCCC1. The Morgan fingerprint density at radius 3 is 2.67 bits per heavy atom. The van der Waals surface area contributed by atoms with Gasteiger partial charge in [-0.1, -0.05) is 12.8 Å². The molecule has 1 fully saturated rings. The lowest BCUT2D eigenvalue weighted by Crippen LogP contribution is -2.45. The number of benzene rings is 1. The number of aromatic nitrogens is 2. The van der Waals surface area contributed by atoms with Gasteiger partial charge in [0.25, 0.3) is 0 Å². The summed E-state index contributed by atoms with van der Waals surface area (Å²) in [5.74, 6) is 0.171. The number of nitrogens with two attached hydrogens (primary N) is 1. The lowest BCUT2D eigenvalue weighted by Gasteiger charge is -2.37. The predicted octanol–water partition coefficient (Wildman–Crippen LogP) is 3.39. The van der Waals surface area contributed by atoms with E-state index in [1.165, 1.54) is 18.9 Å². The summed E-state index contributed by atoms with van der Waals surface area (Å²) in [7, 11) is 4.22. The second kappa shape index (κ2) is 5.25. The lowest BCUT2D eigenvalue weighted by atomic mass is 9.96. The number of hydrogen-bond donors (Lipinski definition) is 1. The Morgan fingerprint density at radius 2 is 2.05 bits per heavy atom. The Labute approximate surface area is 132 Å². The molecule has 1 aliphatic carbocycles. The van der Waals surface area contributed by atoms with Crippen LogP contribution in [0.3, 0.4) is 0 Å². The molecule has 1 heterocycles. The highest BCUT2D eigenvalue weighted by molar-refractivity contribution is 9.10. The fourth-order valence-corrected chi connectivity index (χ4v) is 3.71. The first-order valence-corrected chi connectivity index (χ1v) is 8.00. The first-order valence-electron chi connectivity index (χ1n) is 7.21. The van der Waals surface area contributed by atoms with Crippen LogP contribution in [0.5, 0.6) is 0 Å². The van der Waals surface area contributed by atoms with Crippen molar-refractivity contribution in [2.24, 2.45) is 0 Å². The van der Waals surface area contributed by atoms with E-state index in [4.69, 9.17) is 5.73 Å². The Hall–Kier alpha value is -1.14. The van der Waals surface area contributed by atoms with Crippen molar-refractivity contribution in [1.29, 1.82) is 0 Å². The summed E-state index contributed by atoms with van der Waals surface area (Å²) in [4.78, 5) is 6.65. The molecule has 0 radical (unpaired) electrons. The average molecular weight is 355 g/mol. The third-order valence-corrected chi connectivity index (χ3v) is 5.36. The van der Waals surface area contributed by atoms with Crippen LogP contribution in [0.1, 0.15) is 25.7 Å². The maximum absolute atomic E-state index is 13.9. The molecule has 114 valence electrons. The molecule has 2 aromatic rings. The van der Waals surface area contributed by atoms with E-state index >= 15 is 0 Å². The van der Waals surface area contributed by atoms with E-state index in [0.717, 1.165) is 30.4 Å². The summed E-state index contributed by atoms with van der Waals surface area (Å²) < 4.78 is 16.2. The molecule has 6 heteroatoms. The van der Waals surface area contributed by atoms with Crippen LogP contribution in [0.25, 0.3) is 11.0 Å². The van der Waals surface area contributed by atoms with Gasteiger partial charge in [0.15, 0.2) is 0 Å². The molecule has 1 aliphatic rings. The largest absolute Gasteiger partial charge is 0.369 e. The monoisotopic (exact) mass is 354 g/mol. The summed E-state index contributed by atoms with van der Waals surface area (Å²) in [5, 5.41) is 0. The van der Waals surface area contributed by atoms with Crippen LogP contribution in [0.15, 0.2) is 16.6 Å². The molecule has 1 saturated carbocycles. The number of nitrogens with zero attached hydrogens (tertiary/aromatic N) is 3. The molecule has 0 amide bonds. The van der Waals surface area contributed by atoms with Crippen molar-refractivity contribution in [3.8, 4) is 0 Å². The lowest BCUT2D eigenvalue weighted by molar-refractivity contribution is 0.136. The van der Waals surface area contributed by atoms with Crippen LogP contribution < -0.4 is 5.73 Å². The van der Waals surface area contributed by atoms with Gasteiger partial charge in [-0.15, -0.1) is 0 Å². The van der Waals surface area contributed by atoms with E-state index in [1.807, 2.05) is 4.57 Å². The number of halogens is 2. The number of likely N-dealkylation sites (N-methyl/N-ethyl adjacent to an activating group) is 1. The highest BCUT2D eigenvalue weighted by Crippen LogP contribution is 2.37. The molecule has 2 N–H and O–H groups in total. The zero-order valence-electron chi connectivity index (χ0n) is 12.4. The molecule has 4 nitrogen and oxygen atoms in total. The summed E-state index contributed by atoms with van der Waals surface area (Å²) >= 11 is 3.20. The third kappa shape index (κ3) is 2.44. The molecule has 0 bridgehead atoms. The van der Waals surface area contributed by atoms with E-state index < -0.39 is 0 Å². The molecule has 0 atom stereocenters. The number of fused-ring (bicyclic) bond motifs is 1. The van der Waals surface area contributed by atoms with E-state index in [0.29, 0.717) is 10.4 Å². The standard InChI is InChI=1S/C15H20BrFN4/c1-20(2)15(5-3-4-6-15)9-21-13-8-11(17)10(16)7-12(13)19-14(21)18/h7-8H,3-6,9H2,1-2H3,(H2,18,19). The van der Waals surface area contributed by atoms with E-state index in [9.17, 15) is 4.39 Å². The Morgan fingerprint density at radius 1 is 1.38 bits per heavy atom. The van der Waals surface area contributed by atoms with Crippen molar-refractivity contribution in [2.45, 2.75) is 37.8 Å². The van der Waals surface area contributed by atoms with Crippen molar-refractivity contribution in [3.05, 3.63) is 22.4 Å². The molecule has 0 spiro atoms. The first-order chi connectivity index (χ1) is 9.93. The third-order valence-electron chi connectivity index (χ3n) is 4.76. The van der Waals surface area contributed by atoms with E-state index in [-0.39, 0.29) is 11.4 Å². The molecule has 0 unspecified atom stereocenters. The van der Waals surface area contributed by atoms with Crippen molar-refractivity contribution in [1.82, 2.24) is 14.5 Å². The minimum Gasteiger partial charge on any atom is -0.369 e. The molecule has 1 aromatic carbocycles. The quantitative estimate of drug-likeness (QED) is 0.918. The molecule has 0 aliphatic heterocycles. The normalized spacial score (nSPS) is 18.0. The second-order valence-corrected chi connectivity index (χ2v) is 6.99. The average Bonchev–Trinajstić information content (AvgIpc) is 2.99. The van der Waals surface area contributed by atoms with E-state index in [2.05, 4.69) is 39.9 Å². The van der Waals surface area contributed by atoms with E-state index in [1.54, 1.807) is 6.07 Å². The number of rotatable bonds is 3. The maximum atomic E-state index is 13.9. The molecular formula is C15H20BrFN4. The first kappa shape index (κ1) is 14.8. The maximum Gasteiger partial charge on any atom is 0.201 e. The van der Waals surface area contributed by atoms with Gasteiger partial charge in [-0.05, 0) is 48.9 Å². The van der Waals surface area contributed by atoms with Gasteiger partial charge >= 0.3 is 0 Å². The number of imidazole rings is 1. The fourth-order valence-electron chi connectivity index (χ4n) is 3.38. The Balaban J connectivity index is 2.08. The van der Waals surface area contributed by atoms with Crippen molar-refractivity contribution < 1.29 is 4.39 Å². The van der Waals surface area contributed by atoms with Gasteiger partial charge in [0.1, 0.15) is 5.82 Å². The smallest absolute Gasteiger partial charge is 0.201 e. The van der Waals surface area contributed by atoms with Crippen LogP contribution in [-0.4, -0.2) is 34.1 Å². The fraction of sp³-hybridized carbons (Fsp3) is 0.533. The van der Waals surface area contributed by atoms with Gasteiger partial charge < -0.3 is 15.2 Å². The summed E-state index contributed by atoms with van der Waals surface area (Å²) in [6.07, 6.45) is 4.73. The highest BCUT2D eigenvalue weighted by atomic mass is 79.9. The van der Waals surface area contributed by atoms with Gasteiger partial charge in [-0.25, -0.2) is 9.37 Å². The second-order valence-electron chi connectivity index (χ2n) is 6.14. The van der Waals surface area contributed by atoms with Gasteiger partial charge in [0.2, 0.25) is 5.95 Å². The Kier molecular flexibility index (Phi) is 3.69. The number of anilines is 1. The minimum atomic E-state index is -0.283. The van der Waals surface area contributed by atoms with Gasteiger partial charge in [0, 0.05) is 18.2 Å². The van der Waals surface area contributed by atoms with Crippen molar-refractivity contribution >= 4 is 32.9 Å². The zero-order chi connectivity index (χ0) is 15.2. The van der Waals surface area contributed by atoms with Crippen molar-refractivity contribution in [3.63, 3.8) is 0 Å². The van der Waals surface area contributed by atoms with Gasteiger partial charge in [-0.2, -0.15) is 0 Å². The molecule has 21 heavy (non-hydrogen) atoms. The van der Waals surface area contributed by atoms with Gasteiger partial charge in [0.05, 0.1) is 15.5 Å². The summed E-state index contributed by atoms with van der Waals surface area (Å²) in [5.41, 5.74) is 7.67. The number of hydrogen-bond acceptors (Lipinski definition) is 3. The van der Waals surface area contributed by atoms with Crippen LogP contribution in [0.4, 0.5) is 10.3 Å². The van der Waals surface area contributed by atoms with Crippen LogP contribution in [-0.2, 0) is 6.54 Å². The molecule has 3 rings (SSSR count). The molecular weight excluding hydrogens is 335 g/mol. The molecule has 0 saturated heterocycles. The topological polar surface area (TPSA) is 47.1 Å². The highest BCUT2D eigenvalue weighted by Gasteiger charge is 2.37. The zero-order valence-corrected chi connectivity index (χ0v) is 14.0. The molecule has 1 aromatic heterocycles. The minimum absolute atomic E-state index is 0.0886. The number of nitrogen functional groups attached to an aromatic ring is 1. The van der Waals surface area contributed by atoms with Crippen LogP contribution in [0, 0.1) is 5.82 Å². The van der Waals surface area contributed by atoms with Crippen LogP contribution >= 0.6 is 15.9 Å². The van der Waals surface area contributed by atoms with Crippen molar-refractivity contribution in [2.75, 3.05) is 19.8 Å². The Bertz CT molecular complexity index is 674. The van der Waals surface area contributed by atoms with Gasteiger partial charge in [-0.3, -0.25) is 0 Å². The predicted molar refractivity (Wildman–Crippen MR) is 86.7 cm³/mol. The summed E-state index contributed by atoms with van der Waals surface area (Å²) in [6, 6.07) is 3.20.